The number of benzene rings is 1. The lowest BCUT2D eigenvalue weighted by Gasteiger charge is -2.16. The van der Waals surface area contributed by atoms with E-state index in [1.165, 1.54) is 24.3 Å². The van der Waals surface area contributed by atoms with Gasteiger partial charge in [0.25, 0.3) is 0 Å². The van der Waals surface area contributed by atoms with E-state index >= 15 is 0 Å². The number of hydrogen-bond acceptors (Lipinski definition) is 3. The van der Waals surface area contributed by atoms with Crippen molar-refractivity contribution in [1.82, 2.24) is 0 Å². The molecule has 82 valence electrons. The van der Waals surface area contributed by atoms with E-state index in [0.29, 0.717) is 5.56 Å². The van der Waals surface area contributed by atoms with Gasteiger partial charge in [-0.2, -0.15) is 0 Å². The molecule has 15 heavy (non-hydrogen) atoms. The molecule has 1 aromatic carbocycles. The van der Waals surface area contributed by atoms with E-state index in [0.717, 1.165) is 0 Å². The number of phenols is 1. The maximum Gasteiger partial charge on any atom is 0.337 e. The van der Waals surface area contributed by atoms with Crippen LogP contribution in [0.25, 0.3) is 0 Å². The zero-order valence-electron chi connectivity index (χ0n) is 8.68. The van der Waals surface area contributed by atoms with Crippen LogP contribution in [-0.4, -0.2) is 22.3 Å². The number of hydrogen-bond donors (Lipinski definition) is 2. The Labute approximate surface area is 88.1 Å². The molecule has 0 spiro atoms. The van der Waals surface area contributed by atoms with Crippen LogP contribution < -0.4 is 0 Å². The van der Waals surface area contributed by atoms with Crippen molar-refractivity contribution in [2.75, 3.05) is 0 Å². The third-order valence-electron chi connectivity index (χ3n) is 1.83. The fraction of sp³-hybridized carbons (Fsp3) is 0.364. The maximum atomic E-state index is 10.9. The quantitative estimate of drug-likeness (QED) is 0.797. The Hall–Kier alpha value is -1.55. The predicted octanol–water partition coefficient (Wildman–Crippen LogP) is 1.94. The number of carbonyl (C=O) groups is 1. The summed E-state index contributed by atoms with van der Waals surface area (Å²) in [6.45, 7) is 3.55. The summed E-state index contributed by atoms with van der Waals surface area (Å²) in [7, 11) is 0. The fourth-order valence-electron chi connectivity index (χ4n) is 1.20. The number of aromatic hydroxyl groups is 1. The van der Waals surface area contributed by atoms with Crippen molar-refractivity contribution in [3.63, 3.8) is 0 Å². The minimum absolute atomic E-state index is 0.104. The number of carboxylic acids is 1. The lowest BCUT2D eigenvalue weighted by molar-refractivity contribution is -0.153. The number of carboxylic acid groups (broad SMARTS) is 1. The van der Waals surface area contributed by atoms with Gasteiger partial charge in [0.05, 0.1) is 6.10 Å². The highest BCUT2D eigenvalue weighted by Crippen LogP contribution is 2.21. The molecule has 0 aliphatic rings. The van der Waals surface area contributed by atoms with E-state index in [1.807, 2.05) is 0 Å². The zero-order valence-corrected chi connectivity index (χ0v) is 8.68. The lowest BCUT2D eigenvalue weighted by atomic mass is 10.1. The normalized spacial score (nSPS) is 12.7. The third kappa shape index (κ3) is 3.25. The van der Waals surface area contributed by atoms with Crippen LogP contribution in [0.4, 0.5) is 0 Å². The van der Waals surface area contributed by atoms with Crippen molar-refractivity contribution < 1.29 is 19.7 Å². The molecule has 4 nitrogen and oxygen atoms in total. The molecule has 1 aromatic rings. The van der Waals surface area contributed by atoms with Crippen LogP contribution in [0.15, 0.2) is 24.3 Å². The van der Waals surface area contributed by atoms with Crippen LogP contribution in [0.3, 0.4) is 0 Å². The summed E-state index contributed by atoms with van der Waals surface area (Å²) in [5.74, 6) is -0.929. The van der Waals surface area contributed by atoms with E-state index in [2.05, 4.69) is 0 Å². The molecule has 0 aliphatic heterocycles. The minimum atomic E-state index is -1.03. The summed E-state index contributed by atoms with van der Waals surface area (Å²) in [6, 6.07) is 5.96. The van der Waals surface area contributed by atoms with Crippen molar-refractivity contribution in [2.45, 2.75) is 26.1 Å². The van der Waals surface area contributed by atoms with Gasteiger partial charge >= 0.3 is 5.97 Å². The molecule has 0 radical (unpaired) electrons. The molecule has 1 rings (SSSR count). The third-order valence-corrected chi connectivity index (χ3v) is 1.83. The van der Waals surface area contributed by atoms with Gasteiger partial charge < -0.3 is 14.9 Å². The number of aliphatic carboxylic acids is 1. The molecule has 0 saturated carbocycles. The van der Waals surface area contributed by atoms with E-state index in [4.69, 9.17) is 14.9 Å². The monoisotopic (exact) mass is 210 g/mol. The Morgan fingerprint density at radius 2 is 1.80 bits per heavy atom. The summed E-state index contributed by atoms with van der Waals surface area (Å²) in [5.41, 5.74) is 0.522. The Balaban J connectivity index is 2.89. The second kappa shape index (κ2) is 4.79. The summed E-state index contributed by atoms with van der Waals surface area (Å²) in [5, 5.41) is 18.0. The van der Waals surface area contributed by atoms with Crippen LogP contribution >= 0.6 is 0 Å². The molecule has 0 heterocycles. The Bertz CT molecular complexity index is 329. The molecule has 1 unspecified atom stereocenters. The number of ether oxygens (including phenoxy) is 1. The Morgan fingerprint density at radius 1 is 1.27 bits per heavy atom. The van der Waals surface area contributed by atoms with E-state index in [-0.39, 0.29) is 11.9 Å². The molecular formula is C11H14O4. The second-order valence-corrected chi connectivity index (χ2v) is 3.49. The first kappa shape index (κ1) is 11.5. The highest BCUT2D eigenvalue weighted by Gasteiger charge is 2.21. The zero-order chi connectivity index (χ0) is 11.4. The molecule has 0 saturated heterocycles. The Kier molecular flexibility index (Phi) is 3.68. The summed E-state index contributed by atoms with van der Waals surface area (Å²) in [4.78, 5) is 10.9. The van der Waals surface area contributed by atoms with Gasteiger partial charge in [0, 0.05) is 0 Å². The molecular weight excluding hydrogens is 196 g/mol. The van der Waals surface area contributed by atoms with E-state index in [9.17, 15) is 4.79 Å². The van der Waals surface area contributed by atoms with Gasteiger partial charge in [0.2, 0.25) is 0 Å². The van der Waals surface area contributed by atoms with Crippen molar-refractivity contribution in [3.05, 3.63) is 29.8 Å². The van der Waals surface area contributed by atoms with Gasteiger partial charge in [-0.05, 0) is 31.5 Å². The van der Waals surface area contributed by atoms with Gasteiger partial charge in [-0.25, -0.2) is 4.79 Å². The number of rotatable bonds is 4. The van der Waals surface area contributed by atoms with Crippen LogP contribution in [0.1, 0.15) is 25.5 Å². The maximum absolute atomic E-state index is 10.9. The Morgan fingerprint density at radius 3 is 2.20 bits per heavy atom. The average Bonchev–Trinajstić information content (AvgIpc) is 2.15. The predicted molar refractivity (Wildman–Crippen MR) is 54.7 cm³/mol. The summed E-state index contributed by atoms with van der Waals surface area (Å²) >= 11 is 0. The molecule has 0 aromatic heterocycles. The highest BCUT2D eigenvalue weighted by molar-refractivity contribution is 5.74. The van der Waals surface area contributed by atoms with Crippen LogP contribution in [0, 0.1) is 0 Å². The van der Waals surface area contributed by atoms with Crippen LogP contribution in [-0.2, 0) is 9.53 Å². The van der Waals surface area contributed by atoms with Crippen LogP contribution in [0.2, 0.25) is 0 Å². The minimum Gasteiger partial charge on any atom is -0.508 e. The first-order valence-electron chi connectivity index (χ1n) is 4.68. The first-order valence-corrected chi connectivity index (χ1v) is 4.68. The van der Waals surface area contributed by atoms with Crippen LogP contribution in [0.5, 0.6) is 5.75 Å². The van der Waals surface area contributed by atoms with E-state index < -0.39 is 12.1 Å². The summed E-state index contributed by atoms with van der Waals surface area (Å²) in [6.07, 6.45) is -1.15. The van der Waals surface area contributed by atoms with Gasteiger partial charge in [-0.15, -0.1) is 0 Å². The molecule has 1 atom stereocenters. The van der Waals surface area contributed by atoms with Gasteiger partial charge in [-0.3, -0.25) is 0 Å². The molecule has 0 amide bonds. The smallest absolute Gasteiger partial charge is 0.337 e. The summed E-state index contributed by atoms with van der Waals surface area (Å²) < 4.78 is 5.26. The number of phenolic OH excluding ortho intramolecular Hbond substituents is 1. The van der Waals surface area contributed by atoms with Gasteiger partial charge in [0.15, 0.2) is 6.10 Å². The topological polar surface area (TPSA) is 66.8 Å². The van der Waals surface area contributed by atoms with Crippen molar-refractivity contribution >= 4 is 5.97 Å². The molecule has 0 fully saturated rings. The average molecular weight is 210 g/mol. The molecule has 4 heteroatoms. The molecule has 0 aliphatic carbocycles. The standard InChI is InChI=1S/C11H14O4/c1-7(2)15-10(11(13)14)8-3-5-9(12)6-4-8/h3-7,10,12H,1-2H3,(H,13,14). The highest BCUT2D eigenvalue weighted by atomic mass is 16.5. The van der Waals surface area contributed by atoms with Crippen molar-refractivity contribution in [2.24, 2.45) is 0 Å². The molecule has 2 N–H and O–H groups in total. The lowest BCUT2D eigenvalue weighted by Crippen LogP contribution is -2.18. The van der Waals surface area contributed by atoms with Crippen molar-refractivity contribution in [3.8, 4) is 5.75 Å². The molecule has 0 bridgehead atoms. The SMILES string of the molecule is CC(C)OC(C(=O)O)c1ccc(O)cc1. The fourth-order valence-corrected chi connectivity index (χ4v) is 1.20. The first-order chi connectivity index (χ1) is 7.00. The largest absolute Gasteiger partial charge is 0.508 e. The van der Waals surface area contributed by atoms with E-state index in [1.54, 1.807) is 13.8 Å². The second-order valence-electron chi connectivity index (χ2n) is 3.49. The van der Waals surface area contributed by atoms with Crippen molar-refractivity contribution in [1.29, 1.82) is 0 Å². The van der Waals surface area contributed by atoms with Gasteiger partial charge in [-0.1, -0.05) is 12.1 Å². The van der Waals surface area contributed by atoms with Gasteiger partial charge in [0.1, 0.15) is 5.75 Å².